The molecule has 1 rings (SSSR count). The molecule has 120 valence electrons. The Morgan fingerprint density at radius 2 is 1.35 bits per heavy atom. The molecule has 0 aromatic rings. The lowest BCUT2D eigenvalue weighted by atomic mass is 10.3. The highest BCUT2D eigenvalue weighted by molar-refractivity contribution is 7.85. The molecule has 0 radical (unpaired) electrons. The summed E-state index contributed by atoms with van der Waals surface area (Å²) in [4.78, 5) is 2.33. The van der Waals surface area contributed by atoms with Crippen LogP contribution in [0.4, 0.5) is 0 Å². The van der Waals surface area contributed by atoms with E-state index in [1.807, 2.05) is 0 Å². The van der Waals surface area contributed by atoms with Crippen LogP contribution in [0.5, 0.6) is 0 Å². The fraction of sp³-hybridized carbons (Fsp3) is 1.00. The smallest absolute Gasteiger partial charge is 0.264 e. The molecule has 1 heterocycles. The largest absolute Gasteiger partial charge is 0.314 e. The van der Waals surface area contributed by atoms with E-state index in [1.165, 1.54) is 0 Å². The molecule has 7 nitrogen and oxygen atoms in total. The molecule has 1 saturated heterocycles. The fourth-order valence-corrected chi connectivity index (χ4v) is 2.73. The minimum atomic E-state index is -3.81. The van der Waals surface area contributed by atoms with Gasteiger partial charge in [-0.3, -0.25) is 4.55 Å². The third-order valence-corrected chi connectivity index (χ3v) is 4.10. The van der Waals surface area contributed by atoms with Crippen LogP contribution in [0.1, 0.15) is 12.8 Å². The van der Waals surface area contributed by atoms with E-state index < -0.39 is 10.1 Å². The summed E-state index contributed by atoms with van der Waals surface area (Å²) >= 11 is 0. The predicted molar refractivity (Wildman–Crippen MR) is 80.7 cm³/mol. The van der Waals surface area contributed by atoms with E-state index in [4.69, 9.17) is 4.55 Å². The van der Waals surface area contributed by atoms with Crippen molar-refractivity contribution in [2.24, 2.45) is 0 Å². The van der Waals surface area contributed by atoms with Gasteiger partial charge in [-0.15, -0.1) is 0 Å². The van der Waals surface area contributed by atoms with Crippen LogP contribution in [0.3, 0.4) is 0 Å². The highest BCUT2D eigenvalue weighted by Gasteiger charge is 2.07. The summed E-state index contributed by atoms with van der Waals surface area (Å²) in [5, 5.41) is 10.1. The molecule has 0 aromatic heterocycles. The monoisotopic (exact) mass is 308 g/mol. The number of rotatable bonds is 5. The minimum Gasteiger partial charge on any atom is -0.314 e. The zero-order chi connectivity index (χ0) is 14.7. The zero-order valence-electron chi connectivity index (χ0n) is 12.1. The van der Waals surface area contributed by atoms with E-state index in [1.54, 1.807) is 0 Å². The van der Waals surface area contributed by atoms with Gasteiger partial charge in [0.25, 0.3) is 10.1 Å². The van der Waals surface area contributed by atoms with Crippen LogP contribution < -0.4 is 16.0 Å². The van der Waals surface area contributed by atoms with Gasteiger partial charge in [0.2, 0.25) is 0 Å². The van der Waals surface area contributed by atoms with Gasteiger partial charge in [0.15, 0.2) is 0 Å². The summed E-state index contributed by atoms with van der Waals surface area (Å²) in [7, 11) is -3.81. The first-order valence-corrected chi connectivity index (χ1v) is 8.98. The molecule has 0 saturated carbocycles. The van der Waals surface area contributed by atoms with Crippen LogP contribution in [-0.2, 0) is 10.1 Å². The average molecular weight is 308 g/mol. The highest BCUT2D eigenvalue weighted by atomic mass is 32.2. The molecule has 8 heteroatoms. The SMILES string of the molecule is O=S(=O)(O)CCCCN1CCNCCNCCNCC1. The van der Waals surface area contributed by atoms with Crippen LogP contribution in [0.2, 0.25) is 0 Å². The van der Waals surface area contributed by atoms with Crippen molar-refractivity contribution in [1.82, 2.24) is 20.9 Å². The molecule has 20 heavy (non-hydrogen) atoms. The number of hydrogen-bond acceptors (Lipinski definition) is 6. The van der Waals surface area contributed by atoms with E-state index in [9.17, 15) is 8.42 Å². The quantitative estimate of drug-likeness (QED) is 0.372. The topological polar surface area (TPSA) is 93.7 Å². The van der Waals surface area contributed by atoms with E-state index in [2.05, 4.69) is 20.9 Å². The minimum absolute atomic E-state index is 0.136. The second-order valence-corrected chi connectivity index (χ2v) is 6.66. The summed E-state index contributed by atoms with van der Waals surface area (Å²) in [6, 6.07) is 0. The van der Waals surface area contributed by atoms with E-state index >= 15 is 0 Å². The lowest BCUT2D eigenvalue weighted by Gasteiger charge is -2.23. The van der Waals surface area contributed by atoms with E-state index in [-0.39, 0.29) is 5.75 Å². The summed E-state index contributed by atoms with van der Waals surface area (Å²) in [5.41, 5.74) is 0. The maximum Gasteiger partial charge on any atom is 0.264 e. The lowest BCUT2D eigenvalue weighted by Crippen LogP contribution is -2.42. The Hall–Kier alpha value is -0.250. The van der Waals surface area contributed by atoms with Gasteiger partial charge in [0, 0.05) is 52.4 Å². The predicted octanol–water partition coefficient (Wildman–Crippen LogP) is -1.26. The number of nitrogens with one attached hydrogen (secondary N) is 3. The van der Waals surface area contributed by atoms with Gasteiger partial charge in [-0.05, 0) is 19.4 Å². The van der Waals surface area contributed by atoms with Crippen LogP contribution in [-0.4, -0.2) is 82.5 Å². The lowest BCUT2D eigenvalue weighted by molar-refractivity contribution is 0.267. The van der Waals surface area contributed by atoms with Gasteiger partial charge in [-0.1, -0.05) is 0 Å². The van der Waals surface area contributed by atoms with Crippen molar-refractivity contribution >= 4 is 10.1 Å². The molecule has 0 amide bonds. The van der Waals surface area contributed by atoms with Crippen LogP contribution in [0, 0.1) is 0 Å². The molecule has 0 unspecified atom stereocenters. The molecule has 1 aliphatic rings. The van der Waals surface area contributed by atoms with Crippen molar-refractivity contribution < 1.29 is 13.0 Å². The summed E-state index contributed by atoms with van der Waals surface area (Å²) < 4.78 is 30.0. The number of hydrogen-bond donors (Lipinski definition) is 4. The third kappa shape index (κ3) is 10.5. The summed E-state index contributed by atoms with van der Waals surface area (Å²) in [6.45, 7) is 8.59. The Labute approximate surface area is 122 Å². The van der Waals surface area contributed by atoms with Crippen molar-refractivity contribution in [3.63, 3.8) is 0 Å². The fourth-order valence-electron chi connectivity index (χ4n) is 2.16. The molecular weight excluding hydrogens is 280 g/mol. The Morgan fingerprint density at radius 3 is 1.85 bits per heavy atom. The molecule has 0 aliphatic carbocycles. The first-order chi connectivity index (χ1) is 9.58. The van der Waals surface area contributed by atoms with Gasteiger partial charge < -0.3 is 20.9 Å². The van der Waals surface area contributed by atoms with Gasteiger partial charge in [-0.2, -0.15) is 8.42 Å². The Morgan fingerprint density at radius 1 is 0.850 bits per heavy atom. The second-order valence-electron chi connectivity index (χ2n) is 5.08. The first kappa shape index (κ1) is 17.8. The molecule has 1 aliphatic heterocycles. The summed E-state index contributed by atoms with van der Waals surface area (Å²) in [5.74, 6) is -0.136. The average Bonchev–Trinajstić information content (AvgIpc) is 2.36. The van der Waals surface area contributed by atoms with Gasteiger partial charge in [-0.25, -0.2) is 0 Å². The van der Waals surface area contributed by atoms with Gasteiger partial charge in [0.05, 0.1) is 5.75 Å². The molecule has 0 bridgehead atoms. The highest BCUT2D eigenvalue weighted by Crippen LogP contribution is 1.98. The first-order valence-electron chi connectivity index (χ1n) is 7.37. The molecule has 4 N–H and O–H groups in total. The van der Waals surface area contributed by atoms with Gasteiger partial charge >= 0.3 is 0 Å². The van der Waals surface area contributed by atoms with Gasteiger partial charge in [0.1, 0.15) is 0 Å². The molecule has 1 fully saturated rings. The maximum absolute atomic E-state index is 10.7. The molecular formula is C12H28N4O3S. The second kappa shape index (κ2) is 10.5. The Balaban J connectivity index is 2.21. The van der Waals surface area contributed by atoms with Crippen molar-refractivity contribution in [2.75, 3.05) is 64.7 Å². The standard InChI is InChI=1S/C12H28N4O3S/c17-20(18,19)12-2-1-9-16-10-7-14-5-3-13-4-6-15-8-11-16/h13-15H,1-12H2,(H,17,18,19). The maximum atomic E-state index is 10.7. The van der Waals surface area contributed by atoms with Crippen molar-refractivity contribution in [1.29, 1.82) is 0 Å². The number of nitrogens with zero attached hydrogens (tertiary/aromatic N) is 1. The van der Waals surface area contributed by atoms with Crippen LogP contribution in [0.15, 0.2) is 0 Å². The van der Waals surface area contributed by atoms with Crippen molar-refractivity contribution in [2.45, 2.75) is 12.8 Å². The Kier molecular flexibility index (Phi) is 9.32. The van der Waals surface area contributed by atoms with E-state index in [0.29, 0.717) is 6.42 Å². The number of unbranched alkanes of at least 4 members (excludes halogenated alkanes) is 1. The van der Waals surface area contributed by atoms with Crippen LogP contribution >= 0.6 is 0 Å². The zero-order valence-corrected chi connectivity index (χ0v) is 12.9. The molecule has 0 spiro atoms. The third-order valence-electron chi connectivity index (χ3n) is 3.29. The van der Waals surface area contributed by atoms with E-state index in [0.717, 1.165) is 65.3 Å². The van der Waals surface area contributed by atoms with Crippen molar-refractivity contribution in [3.05, 3.63) is 0 Å². The molecule has 0 atom stereocenters. The Bertz CT molecular complexity index is 326. The normalized spacial score (nSPS) is 21.1. The molecule has 0 aromatic carbocycles. The van der Waals surface area contributed by atoms with Crippen molar-refractivity contribution in [3.8, 4) is 0 Å². The van der Waals surface area contributed by atoms with Crippen LogP contribution in [0.25, 0.3) is 0 Å². The summed E-state index contributed by atoms with van der Waals surface area (Å²) in [6.07, 6.45) is 1.31.